The SMILES string of the molecule is Clc1cccc(-c2nc(CC3CCCNC3)no2)c1. The minimum absolute atomic E-state index is 0.543. The van der Waals surface area contributed by atoms with Crippen LogP contribution in [0.25, 0.3) is 11.5 Å². The Morgan fingerprint density at radius 1 is 1.42 bits per heavy atom. The first-order valence-corrected chi connectivity index (χ1v) is 6.98. The average molecular weight is 278 g/mol. The van der Waals surface area contributed by atoms with Gasteiger partial charge in [-0.15, -0.1) is 0 Å². The van der Waals surface area contributed by atoms with Gasteiger partial charge in [0.2, 0.25) is 0 Å². The summed E-state index contributed by atoms with van der Waals surface area (Å²) in [5.74, 6) is 1.93. The van der Waals surface area contributed by atoms with Gasteiger partial charge in [-0.05, 0) is 50.0 Å². The molecule has 1 fully saturated rings. The number of piperidine rings is 1. The third-order valence-electron chi connectivity index (χ3n) is 3.41. The van der Waals surface area contributed by atoms with Crippen LogP contribution < -0.4 is 5.32 Å². The van der Waals surface area contributed by atoms with Crippen LogP contribution in [0.3, 0.4) is 0 Å². The van der Waals surface area contributed by atoms with E-state index in [-0.39, 0.29) is 0 Å². The molecule has 1 aliphatic rings. The monoisotopic (exact) mass is 277 g/mol. The molecule has 0 bridgehead atoms. The first-order valence-electron chi connectivity index (χ1n) is 6.60. The van der Waals surface area contributed by atoms with E-state index in [0.717, 1.165) is 30.9 Å². The van der Waals surface area contributed by atoms with Gasteiger partial charge in [0.15, 0.2) is 5.82 Å². The first kappa shape index (κ1) is 12.6. The second kappa shape index (κ2) is 5.72. The molecule has 1 N–H and O–H groups in total. The average Bonchev–Trinajstić information content (AvgIpc) is 2.88. The Balaban J connectivity index is 1.72. The predicted octanol–water partition coefficient (Wildman–Crippen LogP) is 2.93. The van der Waals surface area contributed by atoms with Gasteiger partial charge < -0.3 is 9.84 Å². The zero-order chi connectivity index (χ0) is 13.1. The van der Waals surface area contributed by atoms with Gasteiger partial charge in [0.05, 0.1) is 0 Å². The fourth-order valence-electron chi connectivity index (χ4n) is 2.43. The lowest BCUT2D eigenvalue weighted by Crippen LogP contribution is -2.31. The van der Waals surface area contributed by atoms with Crippen LogP contribution in [0, 0.1) is 5.92 Å². The van der Waals surface area contributed by atoms with Crippen molar-refractivity contribution in [3.8, 4) is 11.5 Å². The molecule has 1 saturated heterocycles. The van der Waals surface area contributed by atoms with E-state index in [9.17, 15) is 0 Å². The summed E-state index contributed by atoms with van der Waals surface area (Å²) in [6.45, 7) is 2.16. The van der Waals surface area contributed by atoms with Gasteiger partial charge in [-0.25, -0.2) is 0 Å². The van der Waals surface area contributed by atoms with E-state index in [0.29, 0.717) is 16.8 Å². The van der Waals surface area contributed by atoms with Crippen molar-refractivity contribution < 1.29 is 4.52 Å². The molecular formula is C14H16ClN3O. The Kier molecular flexibility index (Phi) is 3.80. The fourth-order valence-corrected chi connectivity index (χ4v) is 2.62. The summed E-state index contributed by atoms with van der Waals surface area (Å²) < 4.78 is 5.31. The summed E-state index contributed by atoms with van der Waals surface area (Å²) >= 11 is 5.96. The lowest BCUT2D eigenvalue weighted by atomic mass is 9.96. The van der Waals surface area contributed by atoms with E-state index in [2.05, 4.69) is 15.5 Å². The van der Waals surface area contributed by atoms with Crippen molar-refractivity contribution in [2.24, 2.45) is 5.92 Å². The highest BCUT2D eigenvalue weighted by atomic mass is 35.5. The largest absolute Gasteiger partial charge is 0.334 e. The molecule has 0 aliphatic carbocycles. The van der Waals surface area contributed by atoms with Crippen LogP contribution in [0.1, 0.15) is 18.7 Å². The highest BCUT2D eigenvalue weighted by Crippen LogP contribution is 2.22. The number of rotatable bonds is 3. The van der Waals surface area contributed by atoms with Crippen molar-refractivity contribution in [3.63, 3.8) is 0 Å². The van der Waals surface area contributed by atoms with Gasteiger partial charge in [-0.1, -0.05) is 22.8 Å². The molecule has 1 atom stereocenters. The molecule has 1 aromatic carbocycles. The molecule has 2 heterocycles. The lowest BCUT2D eigenvalue weighted by Gasteiger charge is -2.20. The second-order valence-electron chi connectivity index (χ2n) is 4.94. The highest BCUT2D eigenvalue weighted by molar-refractivity contribution is 6.30. The van der Waals surface area contributed by atoms with Crippen molar-refractivity contribution in [1.82, 2.24) is 15.5 Å². The molecular weight excluding hydrogens is 262 g/mol. The lowest BCUT2D eigenvalue weighted by molar-refractivity contribution is 0.360. The highest BCUT2D eigenvalue weighted by Gasteiger charge is 2.17. The van der Waals surface area contributed by atoms with Gasteiger partial charge in [-0.3, -0.25) is 0 Å². The van der Waals surface area contributed by atoms with Gasteiger partial charge >= 0.3 is 0 Å². The number of hydrogen-bond acceptors (Lipinski definition) is 4. The normalized spacial score (nSPS) is 19.5. The van der Waals surface area contributed by atoms with E-state index in [1.54, 1.807) is 0 Å². The first-order chi connectivity index (χ1) is 9.31. The van der Waals surface area contributed by atoms with Crippen LogP contribution in [0.2, 0.25) is 5.02 Å². The number of aromatic nitrogens is 2. The molecule has 0 radical (unpaired) electrons. The standard InChI is InChI=1S/C14H16ClN3O/c15-12-5-1-4-11(8-12)14-17-13(18-19-14)7-10-3-2-6-16-9-10/h1,4-5,8,10,16H,2-3,6-7,9H2. The smallest absolute Gasteiger partial charge is 0.257 e. The van der Waals surface area contributed by atoms with E-state index in [4.69, 9.17) is 16.1 Å². The Labute approximate surface area is 117 Å². The summed E-state index contributed by atoms with van der Waals surface area (Å²) in [5, 5.41) is 8.13. The molecule has 1 aromatic heterocycles. The van der Waals surface area contributed by atoms with Crippen LogP contribution in [0.4, 0.5) is 0 Å². The number of nitrogens with one attached hydrogen (secondary N) is 1. The van der Waals surface area contributed by atoms with Crippen molar-refractivity contribution in [2.75, 3.05) is 13.1 Å². The molecule has 3 rings (SSSR count). The van der Waals surface area contributed by atoms with Crippen LogP contribution in [0.15, 0.2) is 28.8 Å². The van der Waals surface area contributed by atoms with Gasteiger partial charge in [-0.2, -0.15) is 4.98 Å². The molecule has 1 aliphatic heterocycles. The van der Waals surface area contributed by atoms with Crippen molar-refractivity contribution >= 4 is 11.6 Å². The minimum atomic E-state index is 0.543. The quantitative estimate of drug-likeness (QED) is 0.937. The number of hydrogen-bond donors (Lipinski definition) is 1. The van der Waals surface area contributed by atoms with Crippen LogP contribution in [-0.2, 0) is 6.42 Å². The maximum atomic E-state index is 5.96. The summed E-state index contributed by atoms with van der Waals surface area (Å²) in [4.78, 5) is 4.45. The van der Waals surface area contributed by atoms with Crippen molar-refractivity contribution in [2.45, 2.75) is 19.3 Å². The molecule has 1 unspecified atom stereocenters. The predicted molar refractivity (Wildman–Crippen MR) is 74.0 cm³/mol. The van der Waals surface area contributed by atoms with Gasteiger partial charge in [0.25, 0.3) is 5.89 Å². The Hall–Kier alpha value is -1.39. The summed E-state index contributed by atoms with van der Waals surface area (Å²) in [6, 6.07) is 7.47. The molecule has 2 aromatic rings. The van der Waals surface area contributed by atoms with E-state index in [1.807, 2.05) is 24.3 Å². The van der Waals surface area contributed by atoms with Crippen molar-refractivity contribution in [3.05, 3.63) is 35.1 Å². The van der Waals surface area contributed by atoms with E-state index >= 15 is 0 Å². The molecule has 100 valence electrons. The van der Waals surface area contributed by atoms with E-state index < -0.39 is 0 Å². The zero-order valence-electron chi connectivity index (χ0n) is 10.6. The molecule has 0 saturated carbocycles. The third-order valence-corrected chi connectivity index (χ3v) is 3.64. The van der Waals surface area contributed by atoms with E-state index in [1.165, 1.54) is 12.8 Å². The maximum absolute atomic E-state index is 5.96. The molecule has 0 amide bonds. The molecule has 0 spiro atoms. The van der Waals surface area contributed by atoms with Gasteiger partial charge in [0, 0.05) is 17.0 Å². The molecule has 19 heavy (non-hydrogen) atoms. The van der Waals surface area contributed by atoms with Gasteiger partial charge in [0.1, 0.15) is 0 Å². The minimum Gasteiger partial charge on any atom is -0.334 e. The molecule has 5 heteroatoms. The Bertz CT molecular complexity index is 549. The summed E-state index contributed by atoms with van der Waals surface area (Å²) in [6.07, 6.45) is 3.33. The third kappa shape index (κ3) is 3.14. The number of benzene rings is 1. The number of halogens is 1. The second-order valence-corrected chi connectivity index (χ2v) is 5.38. The maximum Gasteiger partial charge on any atom is 0.257 e. The Morgan fingerprint density at radius 2 is 2.37 bits per heavy atom. The topological polar surface area (TPSA) is 51.0 Å². The summed E-state index contributed by atoms with van der Waals surface area (Å²) in [5.41, 5.74) is 0.869. The number of nitrogens with zero attached hydrogens (tertiary/aromatic N) is 2. The Morgan fingerprint density at radius 3 is 3.16 bits per heavy atom. The van der Waals surface area contributed by atoms with Crippen LogP contribution in [0.5, 0.6) is 0 Å². The summed E-state index contributed by atoms with van der Waals surface area (Å²) in [7, 11) is 0. The van der Waals surface area contributed by atoms with Crippen LogP contribution >= 0.6 is 11.6 Å². The zero-order valence-corrected chi connectivity index (χ0v) is 11.4. The van der Waals surface area contributed by atoms with Crippen molar-refractivity contribution in [1.29, 1.82) is 0 Å². The fraction of sp³-hybridized carbons (Fsp3) is 0.429. The van der Waals surface area contributed by atoms with Crippen LogP contribution in [-0.4, -0.2) is 23.2 Å². The molecule has 4 nitrogen and oxygen atoms in total.